The van der Waals surface area contributed by atoms with Crippen molar-refractivity contribution in [3.8, 4) is 11.8 Å². The Morgan fingerprint density at radius 3 is 3.00 bits per heavy atom. The summed E-state index contributed by atoms with van der Waals surface area (Å²) < 4.78 is 0. The summed E-state index contributed by atoms with van der Waals surface area (Å²) in [4.78, 5) is 3.82. The summed E-state index contributed by atoms with van der Waals surface area (Å²) in [6.45, 7) is 0.621. The molecule has 0 saturated heterocycles. The fourth-order valence-electron chi connectivity index (χ4n) is 0.743. The van der Waals surface area contributed by atoms with Crippen molar-refractivity contribution in [2.45, 2.75) is 0 Å². The average Bonchev–Trinajstić information content (AvgIpc) is 2.13. The highest BCUT2D eigenvalue weighted by atomic mass is 35.5. The molecule has 2 nitrogen and oxygen atoms in total. The van der Waals surface area contributed by atoms with Gasteiger partial charge in [0.2, 0.25) is 0 Å². The van der Waals surface area contributed by atoms with Crippen LogP contribution in [0, 0.1) is 11.8 Å². The largest absolute Gasteiger partial charge is 0.309 e. The predicted molar refractivity (Wildman–Crippen MR) is 55.1 cm³/mol. The Bertz CT molecular complexity index is 352. The number of nitrogens with zero attached hydrogens (tertiary/aromatic N) is 1. The van der Waals surface area contributed by atoms with Gasteiger partial charge in [0, 0.05) is 11.8 Å². The number of rotatable bonds is 1. The molecule has 0 aliphatic heterocycles. The van der Waals surface area contributed by atoms with Crippen molar-refractivity contribution in [2.24, 2.45) is 0 Å². The first-order valence-corrected chi connectivity index (χ1v) is 4.44. The number of hydrogen-bond acceptors (Lipinski definition) is 2. The Hall–Kier alpha value is -0.750. The first kappa shape index (κ1) is 10.3. The highest BCUT2D eigenvalue weighted by Gasteiger charge is 2.01. The molecule has 0 amide bonds. The maximum Gasteiger partial charge on any atom is 0.148 e. The van der Waals surface area contributed by atoms with Gasteiger partial charge in [-0.05, 0) is 13.1 Å². The van der Waals surface area contributed by atoms with E-state index in [1.165, 1.54) is 0 Å². The van der Waals surface area contributed by atoms with E-state index in [9.17, 15) is 0 Å². The molecule has 0 aromatic carbocycles. The van der Waals surface area contributed by atoms with E-state index in [2.05, 4.69) is 22.1 Å². The topological polar surface area (TPSA) is 24.9 Å². The van der Waals surface area contributed by atoms with Crippen molar-refractivity contribution in [2.75, 3.05) is 13.6 Å². The second-order valence-corrected chi connectivity index (χ2v) is 3.03. The minimum absolute atomic E-state index is 0.290. The van der Waals surface area contributed by atoms with Crippen molar-refractivity contribution in [1.82, 2.24) is 10.3 Å². The number of nitrogens with one attached hydrogen (secondary N) is 1. The molecule has 1 rings (SSSR count). The third-order valence-corrected chi connectivity index (χ3v) is 2.10. The molecule has 0 radical (unpaired) electrons. The molecule has 1 N–H and O–H groups in total. The normalized spacial score (nSPS) is 9.15. The third kappa shape index (κ3) is 2.89. The summed E-state index contributed by atoms with van der Waals surface area (Å²) in [6, 6.07) is 1.73. The average molecular weight is 215 g/mol. The fourth-order valence-corrected chi connectivity index (χ4v) is 1.06. The first-order valence-electron chi connectivity index (χ1n) is 3.69. The van der Waals surface area contributed by atoms with Gasteiger partial charge in [0.05, 0.1) is 11.6 Å². The molecule has 68 valence electrons. The van der Waals surface area contributed by atoms with Gasteiger partial charge in [-0.15, -0.1) is 0 Å². The minimum atomic E-state index is 0.290. The standard InChI is InChI=1S/C9H8Cl2N2/c1-12-5-2-3-7-4-6-13-9(11)8(7)10/h4,6,12H,5H2,1H3. The van der Waals surface area contributed by atoms with E-state index >= 15 is 0 Å². The van der Waals surface area contributed by atoms with Crippen LogP contribution in [0.15, 0.2) is 12.3 Å². The van der Waals surface area contributed by atoms with Crippen LogP contribution in [0.5, 0.6) is 0 Å². The molecule has 13 heavy (non-hydrogen) atoms. The van der Waals surface area contributed by atoms with Crippen LogP contribution in [0.4, 0.5) is 0 Å². The second kappa shape index (κ2) is 5.08. The van der Waals surface area contributed by atoms with Gasteiger partial charge in [-0.25, -0.2) is 4.98 Å². The molecular formula is C9H8Cl2N2. The van der Waals surface area contributed by atoms with Crippen molar-refractivity contribution in [3.05, 3.63) is 28.0 Å². The molecule has 4 heteroatoms. The van der Waals surface area contributed by atoms with E-state index < -0.39 is 0 Å². The summed E-state index contributed by atoms with van der Waals surface area (Å²) in [7, 11) is 1.83. The van der Waals surface area contributed by atoms with Gasteiger partial charge in [0.15, 0.2) is 0 Å². The molecule has 0 unspecified atom stereocenters. The highest BCUT2D eigenvalue weighted by molar-refractivity contribution is 6.41. The van der Waals surface area contributed by atoms with Crippen LogP contribution < -0.4 is 5.32 Å². The van der Waals surface area contributed by atoms with Crippen molar-refractivity contribution in [3.63, 3.8) is 0 Å². The van der Waals surface area contributed by atoms with Crippen molar-refractivity contribution in [1.29, 1.82) is 0 Å². The van der Waals surface area contributed by atoms with Gasteiger partial charge in [0.1, 0.15) is 5.15 Å². The Labute approximate surface area is 87.3 Å². The number of pyridine rings is 1. The van der Waals surface area contributed by atoms with Gasteiger partial charge in [-0.2, -0.15) is 0 Å². The number of halogens is 2. The van der Waals surface area contributed by atoms with Crippen LogP contribution in [0.3, 0.4) is 0 Å². The summed E-state index contributed by atoms with van der Waals surface area (Å²) in [5.74, 6) is 5.77. The molecule has 0 aliphatic rings. The van der Waals surface area contributed by atoms with Crippen LogP contribution in [0.25, 0.3) is 0 Å². The molecular weight excluding hydrogens is 207 g/mol. The predicted octanol–water partition coefficient (Wildman–Crippen LogP) is 1.96. The highest BCUT2D eigenvalue weighted by Crippen LogP contribution is 2.21. The molecule has 0 fully saturated rings. The van der Waals surface area contributed by atoms with Gasteiger partial charge in [0.25, 0.3) is 0 Å². The van der Waals surface area contributed by atoms with Crippen LogP contribution in [0.2, 0.25) is 10.2 Å². The number of aromatic nitrogens is 1. The SMILES string of the molecule is CNCC#Cc1ccnc(Cl)c1Cl. The number of hydrogen-bond donors (Lipinski definition) is 1. The molecule has 1 aromatic heterocycles. The lowest BCUT2D eigenvalue weighted by Crippen LogP contribution is -2.04. The zero-order valence-electron chi connectivity index (χ0n) is 7.06. The molecule has 1 aromatic rings. The van der Waals surface area contributed by atoms with E-state index in [4.69, 9.17) is 23.2 Å². The third-order valence-electron chi connectivity index (χ3n) is 1.33. The lowest BCUT2D eigenvalue weighted by Gasteiger charge is -1.95. The zero-order valence-corrected chi connectivity index (χ0v) is 8.58. The van der Waals surface area contributed by atoms with Crippen LogP contribution in [-0.4, -0.2) is 18.6 Å². The Morgan fingerprint density at radius 2 is 2.31 bits per heavy atom. The molecule has 0 spiro atoms. The molecule has 1 heterocycles. The fraction of sp³-hybridized carbons (Fsp3) is 0.222. The Morgan fingerprint density at radius 1 is 1.54 bits per heavy atom. The van der Waals surface area contributed by atoms with E-state index in [-0.39, 0.29) is 5.15 Å². The molecule has 0 saturated carbocycles. The van der Waals surface area contributed by atoms with Crippen LogP contribution in [-0.2, 0) is 0 Å². The molecule has 0 atom stereocenters. The van der Waals surface area contributed by atoms with Crippen molar-refractivity contribution < 1.29 is 0 Å². The van der Waals surface area contributed by atoms with E-state index in [1.54, 1.807) is 12.3 Å². The van der Waals surface area contributed by atoms with Crippen molar-refractivity contribution >= 4 is 23.2 Å². The second-order valence-electron chi connectivity index (χ2n) is 2.30. The molecule has 0 aliphatic carbocycles. The monoisotopic (exact) mass is 214 g/mol. The van der Waals surface area contributed by atoms with E-state index in [0.717, 1.165) is 0 Å². The Balaban J connectivity index is 2.91. The van der Waals surface area contributed by atoms with Crippen LogP contribution >= 0.6 is 23.2 Å². The molecule has 0 bridgehead atoms. The summed E-state index contributed by atoms with van der Waals surface area (Å²) >= 11 is 11.6. The smallest absolute Gasteiger partial charge is 0.148 e. The van der Waals surface area contributed by atoms with E-state index in [1.807, 2.05) is 7.05 Å². The quantitative estimate of drug-likeness (QED) is 0.572. The van der Waals surface area contributed by atoms with Gasteiger partial charge >= 0.3 is 0 Å². The Kier molecular flexibility index (Phi) is 4.04. The lowest BCUT2D eigenvalue weighted by atomic mass is 10.3. The summed E-state index contributed by atoms with van der Waals surface area (Å²) in [5, 5.41) is 3.61. The summed E-state index contributed by atoms with van der Waals surface area (Å²) in [6.07, 6.45) is 1.58. The zero-order chi connectivity index (χ0) is 9.68. The van der Waals surface area contributed by atoms with Gasteiger partial charge < -0.3 is 5.32 Å². The van der Waals surface area contributed by atoms with Gasteiger partial charge in [-0.3, -0.25) is 0 Å². The first-order chi connectivity index (χ1) is 6.25. The lowest BCUT2D eigenvalue weighted by molar-refractivity contribution is 0.938. The van der Waals surface area contributed by atoms with Crippen LogP contribution in [0.1, 0.15) is 5.56 Å². The minimum Gasteiger partial charge on any atom is -0.309 e. The maximum absolute atomic E-state index is 5.85. The summed E-state index contributed by atoms with van der Waals surface area (Å²) in [5.41, 5.74) is 0.705. The van der Waals surface area contributed by atoms with E-state index in [0.29, 0.717) is 17.1 Å². The van der Waals surface area contributed by atoms with Gasteiger partial charge in [-0.1, -0.05) is 35.0 Å². The maximum atomic E-state index is 5.85.